The van der Waals surface area contributed by atoms with Crippen LogP contribution in [0.1, 0.15) is 108 Å². The number of phenolic OH excluding ortho intramolecular Hbond substituents is 2. The van der Waals surface area contributed by atoms with Crippen LogP contribution in [-0.4, -0.2) is 129 Å². The number of unbranched alkanes of at least 4 members (excludes halogenated alkanes) is 1. The van der Waals surface area contributed by atoms with Gasteiger partial charge in [0, 0.05) is 72.4 Å². The fourth-order valence-electron chi connectivity index (χ4n) is 7.89. The maximum Gasteiger partial charge on any atom is 0.247 e. The molecule has 8 N–H and O–H groups in total. The van der Waals surface area contributed by atoms with Crippen molar-refractivity contribution in [1.82, 2.24) is 16.0 Å². The molecule has 0 spiro atoms. The Morgan fingerprint density at radius 3 is 2.43 bits per heavy atom. The Labute approximate surface area is 363 Å². The highest BCUT2D eigenvalue weighted by Gasteiger charge is 2.50. The summed E-state index contributed by atoms with van der Waals surface area (Å²) in [7, 11) is 1.29. The van der Waals surface area contributed by atoms with Gasteiger partial charge in [-0.05, 0) is 44.9 Å². The first-order valence-electron chi connectivity index (χ1n) is 20.0. The van der Waals surface area contributed by atoms with E-state index in [1.54, 1.807) is 0 Å². The number of methoxy groups -OCH3 is 1. The van der Waals surface area contributed by atoms with Gasteiger partial charge in [-0.25, -0.2) is 0 Å². The van der Waals surface area contributed by atoms with Crippen molar-refractivity contribution < 1.29 is 68.5 Å². The molecule has 0 saturated carbocycles. The molecule has 5 rings (SSSR count). The Bertz CT molecular complexity index is 2080. The van der Waals surface area contributed by atoms with E-state index in [0.29, 0.717) is 12.8 Å². The predicted octanol–water partition coefficient (Wildman–Crippen LogP) is 1.52. The summed E-state index contributed by atoms with van der Waals surface area (Å²) in [4.78, 5) is 78.7. The molecule has 0 radical (unpaired) electrons. The van der Waals surface area contributed by atoms with Gasteiger partial charge in [-0.1, -0.05) is 18.6 Å². The average molecular weight is 888 g/mol. The molecule has 17 nitrogen and oxygen atoms in total. The summed E-state index contributed by atoms with van der Waals surface area (Å²) in [6.45, 7) is 2.07. The number of aromatic hydroxyl groups is 2. The van der Waals surface area contributed by atoms with Crippen LogP contribution in [0.25, 0.3) is 0 Å². The van der Waals surface area contributed by atoms with Crippen LogP contribution in [0.4, 0.5) is 0 Å². The summed E-state index contributed by atoms with van der Waals surface area (Å²) >= 11 is 8.68. The number of carbonyl (C=O) groups excluding carboxylic acids is 6. The van der Waals surface area contributed by atoms with Crippen molar-refractivity contribution in [2.75, 3.05) is 32.6 Å². The average Bonchev–Trinajstić information content (AvgIpc) is 3.22. The minimum Gasteiger partial charge on any atom is -0.507 e. The topological polar surface area (TPSA) is 267 Å². The van der Waals surface area contributed by atoms with Crippen LogP contribution in [-0.2, 0) is 35.1 Å². The molecule has 0 bridgehead atoms. The largest absolute Gasteiger partial charge is 0.507 e. The van der Waals surface area contributed by atoms with Crippen LogP contribution in [0.5, 0.6) is 17.2 Å². The van der Waals surface area contributed by atoms with Gasteiger partial charge in [-0.3, -0.25) is 28.8 Å². The van der Waals surface area contributed by atoms with E-state index in [1.807, 2.05) is 0 Å². The number of ketones is 3. The second-order valence-corrected chi connectivity index (χ2v) is 16.6. The van der Waals surface area contributed by atoms with Crippen molar-refractivity contribution in [3.63, 3.8) is 0 Å². The fraction of sp³-hybridized carbons (Fsp3) is 0.524. The maximum atomic E-state index is 14.0. The van der Waals surface area contributed by atoms with Gasteiger partial charge in [0.1, 0.15) is 35.6 Å². The van der Waals surface area contributed by atoms with E-state index in [4.69, 9.17) is 14.2 Å². The van der Waals surface area contributed by atoms with E-state index in [1.165, 1.54) is 39.2 Å². The third kappa shape index (κ3) is 10.6. The zero-order valence-electron chi connectivity index (χ0n) is 34.1. The number of aliphatic hydroxyl groups excluding tert-OH is 2. The van der Waals surface area contributed by atoms with Gasteiger partial charge < -0.3 is 55.7 Å². The molecule has 1 heterocycles. The highest BCUT2D eigenvalue weighted by molar-refractivity contribution is 7.81. The first-order chi connectivity index (χ1) is 29.0. The molecule has 2 aromatic rings. The van der Waals surface area contributed by atoms with Crippen LogP contribution in [0.3, 0.4) is 0 Å². The molecule has 1 aliphatic heterocycles. The summed E-state index contributed by atoms with van der Waals surface area (Å²) in [5.41, 5.74) is -4.25. The highest BCUT2D eigenvalue weighted by Crippen LogP contribution is 2.52. The van der Waals surface area contributed by atoms with Crippen molar-refractivity contribution >= 4 is 60.3 Å². The van der Waals surface area contributed by atoms with Crippen molar-refractivity contribution in [3.8, 4) is 17.2 Å². The molecule has 332 valence electrons. The first-order valence-corrected chi connectivity index (χ1v) is 21.2. The smallest absolute Gasteiger partial charge is 0.247 e. The number of hydrogen-bond acceptors (Lipinski definition) is 16. The van der Waals surface area contributed by atoms with Gasteiger partial charge in [0.15, 0.2) is 17.9 Å². The van der Waals surface area contributed by atoms with E-state index >= 15 is 0 Å². The van der Waals surface area contributed by atoms with E-state index < -0.39 is 107 Å². The molecular formula is C42H53N3O14S2. The number of rotatable bonds is 18. The summed E-state index contributed by atoms with van der Waals surface area (Å²) in [6.07, 6.45) is -1.83. The first kappa shape index (κ1) is 47.5. The second-order valence-electron chi connectivity index (χ2n) is 15.5. The van der Waals surface area contributed by atoms with Gasteiger partial charge in [0.2, 0.25) is 23.5 Å². The fourth-order valence-corrected chi connectivity index (χ4v) is 8.72. The van der Waals surface area contributed by atoms with Crippen molar-refractivity contribution in [2.45, 2.75) is 107 Å². The lowest BCUT2D eigenvalue weighted by Crippen LogP contribution is -2.56. The molecular weight excluding hydrogens is 835 g/mol. The van der Waals surface area contributed by atoms with Crippen LogP contribution in [0, 0.1) is 0 Å². The number of phenols is 2. The predicted molar refractivity (Wildman–Crippen MR) is 225 cm³/mol. The van der Waals surface area contributed by atoms with Crippen molar-refractivity contribution in [1.29, 1.82) is 0 Å². The molecule has 61 heavy (non-hydrogen) atoms. The number of nitrogens with one attached hydrogen (secondary N) is 3. The highest BCUT2D eigenvalue weighted by atomic mass is 32.1. The Hall–Kier alpha value is -4.50. The van der Waals surface area contributed by atoms with Crippen LogP contribution in [0.2, 0.25) is 0 Å². The number of carbonyl (C=O) groups is 6. The molecule has 5 unspecified atom stereocenters. The number of Topliss-reactive ketones (excluding diaryl/α,β-unsaturated/α-hetero) is 1. The van der Waals surface area contributed by atoms with Gasteiger partial charge in [-0.2, -0.15) is 25.3 Å². The van der Waals surface area contributed by atoms with E-state index in [2.05, 4.69) is 41.2 Å². The molecule has 7 atom stereocenters. The molecule has 19 heteroatoms. The number of thiol groups is 2. The lowest BCUT2D eigenvalue weighted by atomic mass is 9.72. The van der Waals surface area contributed by atoms with E-state index in [9.17, 15) is 54.3 Å². The molecule has 0 aromatic heterocycles. The Kier molecular flexibility index (Phi) is 16.0. The Balaban J connectivity index is 1.28. The third-order valence-corrected chi connectivity index (χ3v) is 12.0. The minimum atomic E-state index is -2.38. The van der Waals surface area contributed by atoms with Crippen LogP contribution >= 0.6 is 25.3 Å². The molecule has 1 fully saturated rings. The van der Waals surface area contributed by atoms with E-state index in [0.717, 1.165) is 31.1 Å². The lowest BCUT2D eigenvalue weighted by Gasteiger charge is -2.43. The lowest BCUT2D eigenvalue weighted by molar-refractivity contribution is -0.249. The Morgan fingerprint density at radius 2 is 1.74 bits per heavy atom. The quantitative estimate of drug-likeness (QED) is 0.0376. The molecule has 3 amide bonds. The van der Waals surface area contributed by atoms with Gasteiger partial charge in [0.05, 0.1) is 42.0 Å². The number of fused-ring (bicyclic) bond motifs is 3. The van der Waals surface area contributed by atoms with Crippen molar-refractivity contribution in [2.24, 2.45) is 0 Å². The summed E-state index contributed by atoms with van der Waals surface area (Å²) in [5.74, 6) is -4.91. The van der Waals surface area contributed by atoms with Gasteiger partial charge in [0.25, 0.3) is 0 Å². The van der Waals surface area contributed by atoms with Gasteiger partial charge >= 0.3 is 0 Å². The summed E-state index contributed by atoms with van der Waals surface area (Å²) in [6, 6.07) is 3.23. The molecule has 2 aliphatic carbocycles. The van der Waals surface area contributed by atoms with E-state index in [-0.39, 0.29) is 64.2 Å². The normalized spacial score (nSPS) is 23.9. The number of aliphatic hydroxyl groups is 3. The third-order valence-electron chi connectivity index (χ3n) is 11.2. The maximum absolute atomic E-state index is 14.0. The monoisotopic (exact) mass is 887 g/mol. The van der Waals surface area contributed by atoms with Crippen molar-refractivity contribution in [3.05, 3.63) is 63.2 Å². The van der Waals surface area contributed by atoms with Crippen LogP contribution < -0.4 is 20.7 Å². The zero-order chi connectivity index (χ0) is 44.8. The number of benzene rings is 2. The SMILES string of the molecule is COc1cccc2c1C(=O)c1c(O)c3c(c(O)c1C2=O)C[C@@](O)(C(=O)CO)C[C@@H]3OC1CC(NC(=O)/C(C)=C/C(=O)NCCNC(=O)CCCCC(S)CCS)C(O)C(C)O1. The standard InChI is InChI=1S/C42H53N3O14S2/c1-20(15-30(49)44-13-12-43-29(48)10-5-4-7-22(61)11-14-60)41(55)45-25-16-31(58-21(2)36(25)50)59-27-18-42(56,28(47)19-46)17-24-33(27)40(54)35-34(38(24)52)37(51)23-8-6-9-26(57-3)32(23)39(35)53/h6,8-9,15,21-22,25,27,31,36,46,50,52,54,56,60-61H,4-5,7,10-14,16-19H2,1-3H3,(H,43,48)(H,44,49)(H,45,55)/b20-15+/t21?,22?,25?,27-,31?,36?,42-/m0/s1. The minimum absolute atomic E-state index is 0.0119. The van der Waals surface area contributed by atoms with Gasteiger partial charge in [-0.15, -0.1) is 0 Å². The number of amides is 3. The molecule has 2 aromatic carbocycles. The van der Waals surface area contributed by atoms with Crippen LogP contribution in [0.15, 0.2) is 29.8 Å². The number of hydrogen-bond donors (Lipinski definition) is 10. The summed E-state index contributed by atoms with van der Waals surface area (Å²) in [5, 5.41) is 64.0. The summed E-state index contributed by atoms with van der Waals surface area (Å²) < 4.78 is 17.4. The zero-order valence-corrected chi connectivity index (χ0v) is 35.9. The molecule has 3 aliphatic rings. The number of ether oxygens (including phenoxy) is 3. The second kappa shape index (κ2) is 20.6. The Morgan fingerprint density at radius 1 is 1.03 bits per heavy atom. The molecule has 1 saturated heterocycles.